The lowest BCUT2D eigenvalue weighted by molar-refractivity contribution is 0.0605. The van der Waals surface area contributed by atoms with E-state index in [1.807, 2.05) is 18.7 Å². The first-order valence-electron chi connectivity index (χ1n) is 6.37. The van der Waals surface area contributed by atoms with E-state index in [1.54, 1.807) is 0 Å². The van der Waals surface area contributed by atoms with Gasteiger partial charge in [0.15, 0.2) is 5.13 Å². The second kappa shape index (κ2) is 5.71. The van der Waals surface area contributed by atoms with Gasteiger partial charge in [-0.3, -0.25) is 0 Å². The van der Waals surface area contributed by atoms with Crippen molar-refractivity contribution in [2.45, 2.75) is 31.9 Å². The summed E-state index contributed by atoms with van der Waals surface area (Å²) in [6, 6.07) is 0. The standard InChI is InChI=1S/C13H20N2O2S2/c1-9-10(11(16)17-4)19-12(14-9)15-6-5-13(2,3)18-8-7-15/h5-8H2,1-4H3. The molecule has 0 saturated carbocycles. The van der Waals surface area contributed by atoms with Crippen LogP contribution in [-0.2, 0) is 4.74 Å². The zero-order valence-corrected chi connectivity index (χ0v) is 13.5. The molecule has 0 spiro atoms. The van der Waals surface area contributed by atoms with Crippen molar-refractivity contribution in [3.8, 4) is 0 Å². The Hall–Kier alpha value is -0.750. The molecule has 0 aromatic carbocycles. The van der Waals surface area contributed by atoms with E-state index in [2.05, 4.69) is 23.7 Å². The molecule has 1 fully saturated rings. The zero-order valence-electron chi connectivity index (χ0n) is 11.9. The molecule has 1 aromatic heterocycles. The first-order valence-corrected chi connectivity index (χ1v) is 8.18. The van der Waals surface area contributed by atoms with Crippen LogP contribution in [0.2, 0.25) is 0 Å². The Balaban J connectivity index is 2.16. The SMILES string of the molecule is COC(=O)c1sc(N2CCSC(C)(C)CC2)nc1C. The highest BCUT2D eigenvalue weighted by Gasteiger charge is 2.26. The van der Waals surface area contributed by atoms with Gasteiger partial charge < -0.3 is 9.64 Å². The fourth-order valence-electron chi connectivity index (χ4n) is 2.01. The Labute approximate surface area is 122 Å². The molecule has 0 atom stereocenters. The quantitative estimate of drug-likeness (QED) is 0.786. The maximum absolute atomic E-state index is 11.6. The molecule has 0 unspecified atom stereocenters. The van der Waals surface area contributed by atoms with Crippen molar-refractivity contribution in [3.63, 3.8) is 0 Å². The van der Waals surface area contributed by atoms with E-state index in [9.17, 15) is 4.79 Å². The number of carbonyl (C=O) groups excluding carboxylic acids is 1. The molecule has 0 radical (unpaired) electrons. The van der Waals surface area contributed by atoms with E-state index < -0.39 is 0 Å². The van der Waals surface area contributed by atoms with E-state index in [1.165, 1.54) is 18.4 Å². The van der Waals surface area contributed by atoms with Gasteiger partial charge in [-0.2, -0.15) is 11.8 Å². The Bertz CT molecular complexity index is 471. The van der Waals surface area contributed by atoms with Crippen molar-refractivity contribution < 1.29 is 9.53 Å². The summed E-state index contributed by atoms with van der Waals surface area (Å²) in [5.74, 6) is 0.810. The van der Waals surface area contributed by atoms with Crippen LogP contribution in [0.1, 0.15) is 35.6 Å². The van der Waals surface area contributed by atoms with Crippen LogP contribution in [0.3, 0.4) is 0 Å². The Morgan fingerprint density at radius 3 is 2.84 bits per heavy atom. The van der Waals surface area contributed by atoms with Gasteiger partial charge in [-0.1, -0.05) is 25.2 Å². The maximum atomic E-state index is 11.6. The molecule has 106 valence electrons. The summed E-state index contributed by atoms with van der Waals surface area (Å²) < 4.78 is 5.11. The molecule has 0 N–H and O–H groups in total. The molecule has 1 saturated heterocycles. The maximum Gasteiger partial charge on any atom is 0.350 e. The number of rotatable bonds is 2. The number of hydrogen-bond acceptors (Lipinski definition) is 6. The summed E-state index contributed by atoms with van der Waals surface area (Å²) in [7, 11) is 1.41. The number of anilines is 1. The summed E-state index contributed by atoms with van der Waals surface area (Å²) in [5.41, 5.74) is 0.767. The van der Waals surface area contributed by atoms with Crippen molar-refractivity contribution in [2.24, 2.45) is 0 Å². The normalized spacial score (nSPS) is 19.1. The van der Waals surface area contributed by atoms with Crippen molar-refractivity contribution in [3.05, 3.63) is 10.6 Å². The number of thioether (sulfide) groups is 1. The predicted octanol–water partition coefficient (Wildman–Crippen LogP) is 2.96. The van der Waals surface area contributed by atoms with E-state index in [-0.39, 0.29) is 5.97 Å². The molecule has 1 aromatic rings. The first-order chi connectivity index (χ1) is 8.93. The molecule has 0 amide bonds. The van der Waals surface area contributed by atoms with Gasteiger partial charge in [0.05, 0.1) is 12.8 Å². The van der Waals surface area contributed by atoms with Crippen LogP contribution in [0.4, 0.5) is 5.13 Å². The van der Waals surface area contributed by atoms with Gasteiger partial charge in [0, 0.05) is 23.6 Å². The van der Waals surface area contributed by atoms with Gasteiger partial charge in [-0.05, 0) is 13.3 Å². The van der Waals surface area contributed by atoms with Crippen molar-refractivity contribution in [2.75, 3.05) is 30.9 Å². The summed E-state index contributed by atoms with van der Waals surface area (Å²) in [5, 5.41) is 0.941. The molecule has 2 heterocycles. The number of nitrogens with zero attached hydrogens (tertiary/aromatic N) is 2. The largest absolute Gasteiger partial charge is 0.465 e. The number of aryl methyl sites for hydroxylation is 1. The van der Waals surface area contributed by atoms with Gasteiger partial charge in [0.25, 0.3) is 0 Å². The third-order valence-electron chi connectivity index (χ3n) is 3.26. The molecule has 0 aliphatic carbocycles. The number of methoxy groups -OCH3 is 1. The van der Waals surface area contributed by atoms with Crippen LogP contribution >= 0.6 is 23.1 Å². The van der Waals surface area contributed by atoms with Crippen LogP contribution in [0.15, 0.2) is 0 Å². The molecular weight excluding hydrogens is 280 g/mol. The van der Waals surface area contributed by atoms with E-state index in [4.69, 9.17) is 4.74 Å². The smallest absolute Gasteiger partial charge is 0.350 e. The van der Waals surface area contributed by atoms with Gasteiger partial charge in [0.1, 0.15) is 4.88 Å². The number of esters is 1. The highest BCUT2D eigenvalue weighted by Crippen LogP contribution is 2.34. The Morgan fingerprint density at radius 2 is 2.16 bits per heavy atom. The number of thiazole rings is 1. The lowest BCUT2D eigenvalue weighted by Gasteiger charge is -2.22. The minimum Gasteiger partial charge on any atom is -0.465 e. The zero-order chi connectivity index (χ0) is 14.0. The highest BCUT2D eigenvalue weighted by atomic mass is 32.2. The summed E-state index contributed by atoms with van der Waals surface area (Å²) in [6.45, 7) is 8.42. The first kappa shape index (κ1) is 14.7. The number of aromatic nitrogens is 1. The van der Waals surface area contributed by atoms with E-state index >= 15 is 0 Å². The molecule has 6 heteroatoms. The van der Waals surface area contributed by atoms with Crippen LogP contribution in [-0.4, -0.2) is 41.7 Å². The predicted molar refractivity (Wildman–Crippen MR) is 81.6 cm³/mol. The lowest BCUT2D eigenvalue weighted by Crippen LogP contribution is -2.26. The monoisotopic (exact) mass is 300 g/mol. The third kappa shape index (κ3) is 3.42. The van der Waals surface area contributed by atoms with Crippen molar-refractivity contribution in [1.82, 2.24) is 4.98 Å². The van der Waals surface area contributed by atoms with Crippen LogP contribution in [0.25, 0.3) is 0 Å². The minimum atomic E-state index is -0.286. The Kier molecular flexibility index (Phi) is 4.40. The fourth-order valence-corrected chi connectivity index (χ4v) is 4.15. The molecular formula is C13H20N2O2S2. The topological polar surface area (TPSA) is 42.4 Å². The van der Waals surface area contributed by atoms with Crippen molar-refractivity contribution >= 4 is 34.2 Å². The second-order valence-corrected chi connectivity index (χ2v) is 8.03. The van der Waals surface area contributed by atoms with Crippen LogP contribution in [0, 0.1) is 6.92 Å². The molecule has 1 aliphatic heterocycles. The van der Waals surface area contributed by atoms with Crippen LogP contribution < -0.4 is 4.90 Å². The Morgan fingerprint density at radius 1 is 1.42 bits per heavy atom. The number of ether oxygens (including phenoxy) is 1. The number of hydrogen-bond donors (Lipinski definition) is 0. The second-order valence-electron chi connectivity index (χ2n) is 5.25. The van der Waals surface area contributed by atoms with E-state index in [0.717, 1.165) is 36.1 Å². The summed E-state index contributed by atoms with van der Waals surface area (Å²) in [6.07, 6.45) is 1.13. The van der Waals surface area contributed by atoms with Crippen LogP contribution in [0.5, 0.6) is 0 Å². The van der Waals surface area contributed by atoms with Gasteiger partial charge in [-0.15, -0.1) is 0 Å². The molecule has 2 rings (SSSR count). The summed E-state index contributed by atoms with van der Waals surface area (Å²) >= 11 is 3.44. The number of carbonyl (C=O) groups is 1. The molecule has 0 bridgehead atoms. The van der Waals surface area contributed by atoms with E-state index in [0.29, 0.717) is 9.62 Å². The molecule has 4 nitrogen and oxygen atoms in total. The average Bonchev–Trinajstić information content (AvgIpc) is 2.64. The molecule has 1 aliphatic rings. The summed E-state index contributed by atoms with van der Waals surface area (Å²) in [4.78, 5) is 19.1. The van der Waals surface area contributed by atoms with Crippen molar-refractivity contribution in [1.29, 1.82) is 0 Å². The minimum absolute atomic E-state index is 0.286. The van der Waals surface area contributed by atoms with Gasteiger partial charge in [-0.25, -0.2) is 9.78 Å². The third-order valence-corrected chi connectivity index (χ3v) is 5.83. The lowest BCUT2D eigenvalue weighted by atomic mass is 10.1. The fraction of sp³-hybridized carbons (Fsp3) is 0.692. The van der Waals surface area contributed by atoms with Gasteiger partial charge in [0.2, 0.25) is 0 Å². The average molecular weight is 300 g/mol. The van der Waals surface area contributed by atoms with Gasteiger partial charge >= 0.3 is 5.97 Å². The highest BCUT2D eigenvalue weighted by molar-refractivity contribution is 8.00. The molecule has 19 heavy (non-hydrogen) atoms.